The minimum absolute atomic E-state index is 0.561. The molecule has 0 unspecified atom stereocenters. The van der Waals surface area contributed by atoms with Gasteiger partial charge in [0.25, 0.3) is 0 Å². The quantitative estimate of drug-likeness (QED) is 0.817. The largest absolute Gasteiger partial charge is 0.488 e. The summed E-state index contributed by atoms with van der Waals surface area (Å²) in [6, 6.07) is 10.3. The molecule has 21 heavy (non-hydrogen) atoms. The van der Waals surface area contributed by atoms with Gasteiger partial charge in [0.15, 0.2) is 0 Å². The minimum atomic E-state index is 0.561. The molecule has 0 atom stereocenters. The van der Waals surface area contributed by atoms with Crippen molar-refractivity contribution in [1.82, 2.24) is 0 Å². The lowest BCUT2D eigenvalue weighted by Crippen LogP contribution is -2.03. The first-order valence-electron chi connectivity index (χ1n) is 7.13. The molecule has 0 fully saturated rings. The molecule has 0 bridgehead atoms. The molecule has 0 aliphatic carbocycles. The fraction of sp³-hybridized carbons (Fsp3) is 0.316. The van der Waals surface area contributed by atoms with E-state index < -0.39 is 0 Å². The Labute approximate surface area is 127 Å². The molecule has 2 heteroatoms. The monoisotopic (exact) mass is 279 g/mol. The van der Waals surface area contributed by atoms with Crippen molar-refractivity contribution in [2.24, 2.45) is 0 Å². The maximum absolute atomic E-state index is 8.99. The van der Waals surface area contributed by atoms with E-state index in [2.05, 4.69) is 39.0 Å². The Kier molecular flexibility index (Phi) is 4.33. The molecule has 0 saturated heterocycles. The van der Waals surface area contributed by atoms with E-state index in [1.165, 1.54) is 22.3 Å². The number of benzene rings is 2. The molecule has 0 amide bonds. The first kappa shape index (κ1) is 15.1. The van der Waals surface area contributed by atoms with Gasteiger partial charge < -0.3 is 4.74 Å². The second kappa shape index (κ2) is 6.01. The first-order valence-corrected chi connectivity index (χ1v) is 7.13. The van der Waals surface area contributed by atoms with Crippen LogP contribution in [0.4, 0.5) is 0 Å². The maximum Gasteiger partial charge on any atom is 0.125 e. The molecular weight excluding hydrogens is 258 g/mol. The Morgan fingerprint density at radius 3 is 1.86 bits per heavy atom. The lowest BCUT2D eigenvalue weighted by atomic mass is 10.0. The van der Waals surface area contributed by atoms with Gasteiger partial charge in [0.2, 0.25) is 0 Å². The van der Waals surface area contributed by atoms with Crippen LogP contribution in [0.15, 0.2) is 24.3 Å². The molecule has 0 N–H and O–H groups in total. The average Bonchev–Trinajstić information content (AvgIpc) is 2.39. The summed E-state index contributed by atoms with van der Waals surface area (Å²) in [5.41, 5.74) is 7.74. The van der Waals surface area contributed by atoms with Gasteiger partial charge in [-0.1, -0.05) is 17.7 Å². The molecule has 2 aromatic rings. The van der Waals surface area contributed by atoms with E-state index in [0.29, 0.717) is 12.2 Å². The van der Waals surface area contributed by atoms with Crippen molar-refractivity contribution in [2.45, 2.75) is 41.2 Å². The molecule has 0 radical (unpaired) electrons. The molecule has 108 valence electrons. The Morgan fingerprint density at radius 1 is 0.857 bits per heavy atom. The lowest BCUT2D eigenvalue weighted by molar-refractivity contribution is 0.300. The molecule has 2 rings (SSSR count). The summed E-state index contributed by atoms with van der Waals surface area (Å²) in [6.07, 6.45) is 0. The Morgan fingerprint density at radius 2 is 1.38 bits per heavy atom. The summed E-state index contributed by atoms with van der Waals surface area (Å²) in [5.74, 6) is 0.883. The number of nitriles is 1. The zero-order chi connectivity index (χ0) is 15.6. The number of rotatable bonds is 3. The summed E-state index contributed by atoms with van der Waals surface area (Å²) in [6.45, 7) is 10.9. The van der Waals surface area contributed by atoms with Crippen LogP contribution in [0.2, 0.25) is 0 Å². The van der Waals surface area contributed by atoms with Crippen molar-refractivity contribution in [1.29, 1.82) is 5.26 Å². The zero-order valence-electron chi connectivity index (χ0n) is 13.4. The molecule has 0 saturated carbocycles. The van der Waals surface area contributed by atoms with Crippen LogP contribution in [0.5, 0.6) is 5.75 Å². The van der Waals surface area contributed by atoms with Crippen LogP contribution in [0, 0.1) is 45.9 Å². The second-order valence-corrected chi connectivity index (χ2v) is 5.72. The van der Waals surface area contributed by atoms with E-state index in [0.717, 1.165) is 16.9 Å². The predicted molar refractivity (Wildman–Crippen MR) is 85.6 cm³/mol. The minimum Gasteiger partial charge on any atom is -0.488 e. The van der Waals surface area contributed by atoms with Crippen LogP contribution in [-0.4, -0.2) is 0 Å². The Balaban J connectivity index is 2.28. The lowest BCUT2D eigenvalue weighted by Gasteiger charge is -2.16. The molecule has 0 aromatic heterocycles. The van der Waals surface area contributed by atoms with Gasteiger partial charge in [0, 0.05) is 0 Å². The third-order valence-corrected chi connectivity index (χ3v) is 3.79. The van der Waals surface area contributed by atoms with Gasteiger partial charge in [-0.25, -0.2) is 0 Å². The molecule has 0 aliphatic rings. The highest BCUT2D eigenvalue weighted by atomic mass is 16.5. The van der Waals surface area contributed by atoms with E-state index in [4.69, 9.17) is 10.00 Å². The van der Waals surface area contributed by atoms with E-state index in [1.54, 1.807) is 0 Å². The van der Waals surface area contributed by atoms with Crippen molar-refractivity contribution in [2.75, 3.05) is 0 Å². The molecule has 2 aromatic carbocycles. The van der Waals surface area contributed by atoms with Gasteiger partial charge in [0.1, 0.15) is 12.4 Å². The van der Waals surface area contributed by atoms with E-state index in [9.17, 15) is 0 Å². The van der Waals surface area contributed by atoms with Crippen LogP contribution in [0.25, 0.3) is 0 Å². The van der Waals surface area contributed by atoms with Crippen molar-refractivity contribution in [3.05, 3.63) is 63.2 Å². The van der Waals surface area contributed by atoms with Crippen molar-refractivity contribution in [3.63, 3.8) is 0 Å². The van der Waals surface area contributed by atoms with Crippen molar-refractivity contribution in [3.8, 4) is 11.8 Å². The van der Waals surface area contributed by atoms with E-state index >= 15 is 0 Å². The van der Waals surface area contributed by atoms with E-state index in [1.807, 2.05) is 26.0 Å². The zero-order valence-corrected chi connectivity index (χ0v) is 13.4. The predicted octanol–water partition coefficient (Wildman–Crippen LogP) is 4.68. The third kappa shape index (κ3) is 3.25. The first-order chi connectivity index (χ1) is 9.92. The van der Waals surface area contributed by atoms with Crippen LogP contribution in [-0.2, 0) is 6.61 Å². The van der Waals surface area contributed by atoms with Crippen LogP contribution < -0.4 is 4.74 Å². The van der Waals surface area contributed by atoms with Gasteiger partial charge in [-0.3, -0.25) is 0 Å². The number of hydrogen-bond donors (Lipinski definition) is 0. The number of ether oxygens (including phenoxy) is 1. The van der Waals surface area contributed by atoms with E-state index in [-0.39, 0.29) is 0 Å². The van der Waals surface area contributed by atoms with Gasteiger partial charge in [-0.2, -0.15) is 5.26 Å². The maximum atomic E-state index is 8.99. The number of aryl methyl sites for hydroxylation is 5. The normalized spacial score (nSPS) is 10.3. The standard InChI is InChI=1S/C19H21NO/c1-12-6-13(2)18(14(3)7-12)11-21-19-15(4)8-17(10-20)9-16(19)5/h6-9H,11H2,1-5H3. The summed E-state index contributed by atoms with van der Waals surface area (Å²) in [5, 5.41) is 8.99. The van der Waals surface area contributed by atoms with Gasteiger partial charge >= 0.3 is 0 Å². The molecule has 0 spiro atoms. The Bertz CT molecular complexity index is 677. The van der Waals surface area contributed by atoms with Crippen LogP contribution in [0.1, 0.15) is 38.9 Å². The Hall–Kier alpha value is -2.27. The SMILES string of the molecule is Cc1cc(C)c(COc2c(C)cc(C#N)cc2C)c(C)c1. The van der Waals surface area contributed by atoms with Crippen LogP contribution >= 0.6 is 0 Å². The summed E-state index contributed by atoms with van der Waals surface area (Å²) >= 11 is 0. The van der Waals surface area contributed by atoms with Crippen molar-refractivity contribution < 1.29 is 4.74 Å². The highest BCUT2D eigenvalue weighted by molar-refractivity contribution is 5.47. The summed E-state index contributed by atoms with van der Waals surface area (Å²) in [7, 11) is 0. The molecule has 2 nitrogen and oxygen atoms in total. The fourth-order valence-electron chi connectivity index (χ4n) is 2.82. The number of hydrogen-bond acceptors (Lipinski definition) is 2. The second-order valence-electron chi connectivity index (χ2n) is 5.72. The number of nitrogens with zero attached hydrogens (tertiary/aromatic N) is 1. The van der Waals surface area contributed by atoms with Gasteiger partial charge in [0.05, 0.1) is 11.6 Å². The topological polar surface area (TPSA) is 33.0 Å². The van der Waals surface area contributed by atoms with Gasteiger partial charge in [-0.15, -0.1) is 0 Å². The molecular formula is C19H21NO. The average molecular weight is 279 g/mol. The molecule has 0 heterocycles. The third-order valence-electron chi connectivity index (χ3n) is 3.79. The molecule has 0 aliphatic heterocycles. The van der Waals surface area contributed by atoms with Gasteiger partial charge in [-0.05, 0) is 74.6 Å². The summed E-state index contributed by atoms with van der Waals surface area (Å²) in [4.78, 5) is 0. The summed E-state index contributed by atoms with van der Waals surface area (Å²) < 4.78 is 6.05. The highest BCUT2D eigenvalue weighted by Crippen LogP contribution is 2.26. The van der Waals surface area contributed by atoms with Crippen LogP contribution in [0.3, 0.4) is 0 Å². The smallest absolute Gasteiger partial charge is 0.125 e. The van der Waals surface area contributed by atoms with Crippen molar-refractivity contribution >= 4 is 0 Å². The highest BCUT2D eigenvalue weighted by Gasteiger charge is 2.09. The fourth-order valence-corrected chi connectivity index (χ4v) is 2.82.